The normalized spacial score (nSPS) is 13.0. The van der Waals surface area contributed by atoms with Crippen molar-refractivity contribution in [2.24, 2.45) is 0 Å². The molecule has 0 bridgehead atoms. The largest absolute Gasteiger partial charge is 0.490 e. The average Bonchev–Trinajstić information content (AvgIpc) is 2.57. The number of sulfonamides is 1. The first-order valence-corrected chi connectivity index (χ1v) is 10.2. The average molecular weight is 447 g/mol. The highest BCUT2D eigenvalue weighted by Gasteiger charge is 2.43. The lowest BCUT2D eigenvalue weighted by molar-refractivity contribution is -0.157. The molecule has 2 aromatic rings. The molecule has 1 N–H and O–H groups in total. The number of rotatable bonds is 6. The van der Waals surface area contributed by atoms with E-state index in [1.54, 1.807) is 29.8 Å². The van der Waals surface area contributed by atoms with Crippen LogP contribution in [-0.4, -0.2) is 27.2 Å². The van der Waals surface area contributed by atoms with E-state index in [0.29, 0.717) is 11.1 Å². The summed E-state index contributed by atoms with van der Waals surface area (Å²) in [6.07, 6.45) is -4.92. The van der Waals surface area contributed by atoms with Gasteiger partial charge in [0, 0.05) is 5.02 Å². The molecule has 1 unspecified atom stereocenters. The van der Waals surface area contributed by atoms with Crippen molar-refractivity contribution in [2.75, 3.05) is 6.61 Å². The number of nitriles is 1. The maximum atomic E-state index is 13.5. The Balaban J connectivity index is 2.32. The summed E-state index contributed by atoms with van der Waals surface area (Å²) in [5, 5.41) is 9.28. The van der Waals surface area contributed by atoms with E-state index < -0.39 is 28.8 Å². The first kappa shape index (κ1) is 23.0. The van der Waals surface area contributed by atoms with Gasteiger partial charge < -0.3 is 4.74 Å². The molecule has 0 aliphatic rings. The van der Waals surface area contributed by atoms with Crippen LogP contribution < -0.4 is 9.46 Å². The Morgan fingerprint density at radius 1 is 1.17 bits per heavy atom. The van der Waals surface area contributed by atoms with Gasteiger partial charge in [-0.05, 0) is 50.1 Å². The molecule has 0 saturated heterocycles. The van der Waals surface area contributed by atoms with Crippen LogP contribution in [0, 0.1) is 32.1 Å². The van der Waals surface area contributed by atoms with Gasteiger partial charge in [-0.2, -0.15) is 23.2 Å². The molecule has 0 aliphatic carbocycles. The van der Waals surface area contributed by atoms with Crippen LogP contribution in [0.25, 0.3) is 0 Å². The third-order valence-electron chi connectivity index (χ3n) is 4.03. The van der Waals surface area contributed by atoms with E-state index in [4.69, 9.17) is 21.6 Å². The van der Waals surface area contributed by atoms with Gasteiger partial charge in [-0.1, -0.05) is 29.3 Å². The summed E-state index contributed by atoms with van der Waals surface area (Å²) in [7, 11) is -4.48. The summed E-state index contributed by atoms with van der Waals surface area (Å²) in [6.45, 7) is 3.74. The molecule has 0 saturated carbocycles. The van der Waals surface area contributed by atoms with Gasteiger partial charge in [-0.3, -0.25) is 0 Å². The van der Waals surface area contributed by atoms with Crippen molar-refractivity contribution in [1.82, 2.24) is 4.72 Å². The fourth-order valence-corrected chi connectivity index (χ4v) is 4.75. The molecular weight excluding hydrogens is 429 g/mol. The van der Waals surface area contributed by atoms with Gasteiger partial charge in [-0.15, -0.1) is 0 Å². The summed E-state index contributed by atoms with van der Waals surface area (Å²) in [4.78, 5) is -0.207. The Morgan fingerprint density at radius 3 is 2.28 bits per heavy atom. The Hall–Kier alpha value is -2.28. The Bertz CT molecular complexity index is 1040. The van der Waals surface area contributed by atoms with Crippen LogP contribution in [-0.2, 0) is 10.0 Å². The number of ether oxygens (including phenoxy) is 1. The molecule has 10 heteroatoms. The fourth-order valence-electron chi connectivity index (χ4n) is 2.92. The minimum absolute atomic E-state index is 0.0634. The predicted molar refractivity (Wildman–Crippen MR) is 102 cm³/mol. The zero-order valence-electron chi connectivity index (χ0n) is 15.8. The molecule has 5 nitrogen and oxygen atoms in total. The van der Waals surface area contributed by atoms with Crippen LogP contribution >= 0.6 is 11.6 Å². The lowest BCUT2D eigenvalue weighted by Crippen LogP contribution is -2.49. The number of alkyl halides is 3. The molecule has 0 amide bonds. The molecule has 0 spiro atoms. The van der Waals surface area contributed by atoms with E-state index in [9.17, 15) is 21.6 Å². The van der Waals surface area contributed by atoms with Gasteiger partial charge in [0.05, 0.1) is 10.5 Å². The molecule has 0 aromatic heterocycles. The molecule has 29 heavy (non-hydrogen) atoms. The van der Waals surface area contributed by atoms with E-state index in [2.05, 4.69) is 0 Å². The molecule has 1 atom stereocenters. The summed E-state index contributed by atoms with van der Waals surface area (Å²) in [5.41, 5.74) is 1.40. The lowest BCUT2D eigenvalue weighted by Gasteiger charge is -2.23. The molecule has 2 aromatic carbocycles. The Labute approximate surface area is 172 Å². The van der Waals surface area contributed by atoms with Gasteiger partial charge in [0.1, 0.15) is 18.4 Å². The van der Waals surface area contributed by atoms with Crippen LogP contribution in [0.15, 0.2) is 35.2 Å². The van der Waals surface area contributed by atoms with Crippen LogP contribution in [0.2, 0.25) is 5.02 Å². The highest BCUT2D eigenvalue weighted by atomic mass is 35.5. The third-order valence-corrected chi connectivity index (χ3v) is 6.04. The highest BCUT2D eigenvalue weighted by molar-refractivity contribution is 7.89. The summed E-state index contributed by atoms with van der Waals surface area (Å²) < 4.78 is 72.6. The minimum atomic E-state index is -4.92. The second-order valence-electron chi connectivity index (χ2n) is 6.51. The smallest absolute Gasteiger partial charge is 0.408 e. The highest BCUT2D eigenvalue weighted by Crippen LogP contribution is 2.28. The van der Waals surface area contributed by atoms with E-state index >= 15 is 0 Å². The molecule has 0 fully saturated rings. The monoisotopic (exact) mass is 446 g/mol. The van der Waals surface area contributed by atoms with Gasteiger partial charge in [0.15, 0.2) is 6.04 Å². The number of aryl methyl sites for hydroxylation is 3. The fraction of sp³-hybridized carbons (Fsp3) is 0.316. The Morgan fingerprint density at radius 2 is 1.76 bits per heavy atom. The number of halogens is 4. The molecule has 2 rings (SSSR count). The van der Waals surface area contributed by atoms with Crippen LogP contribution in [0.1, 0.15) is 22.3 Å². The van der Waals surface area contributed by atoms with Crippen molar-refractivity contribution in [3.63, 3.8) is 0 Å². The van der Waals surface area contributed by atoms with Crippen LogP contribution in [0.3, 0.4) is 0 Å². The van der Waals surface area contributed by atoms with Gasteiger partial charge in [0.2, 0.25) is 10.0 Å². The number of hydrogen-bond donors (Lipinski definition) is 1. The molecular formula is C19H18ClF3N2O3S. The third kappa shape index (κ3) is 5.63. The zero-order valence-corrected chi connectivity index (χ0v) is 17.3. The van der Waals surface area contributed by atoms with E-state index in [-0.39, 0.29) is 21.2 Å². The second-order valence-corrected chi connectivity index (χ2v) is 8.59. The number of nitrogens with zero attached hydrogens (tertiary/aromatic N) is 1. The first-order chi connectivity index (χ1) is 13.3. The molecule has 0 heterocycles. The van der Waals surface area contributed by atoms with Crippen molar-refractivity contribution < 1.29 is 26.3 Å². The van der Waals surface area contributed by atoms with E-state index in [0.717, 1.165) is 5.56 Å². The summed E-state index contributed by atoms with van der Waals surface area (Å²) in [5.74, 6) is -0.131. The second kappa shape index (κ2) is 8.61. The number of nitrogens with one attached hydrogen (secondary N) is 1. The van der Waals surface area contributed by atoms with Crippen molar-refractivity contribution in [2.45, 2.75) is 37.9 Å². The number of hydrogen-bond acceptors (Lipinski definition) is 4. The Kier molecular flexibility index (Phi) is 6.83. The van der Waals surface area contributed by atoms with Gasteiger partial charge in [-0.25, -0.2) is 8.42 Å². The topological polar surface area (TPSA) is 79.2 Å². The maximum absolute atomic E-state index is 13.5. The van der Waals surface area contributed by atoms with Crippen LogP contribution in [0.5, 0.6) is 5.75 Å². The van der Waals surface area contributed by atoms with Crippen molar-refractivity contribution in [3.8, 4) is 11.8 Å². The maximum Gasteiger partial charge on any atom is 0.408 e. The van der Waals surface area contributed by atoms with Crippen LogP contribution in [0.4, 0.5) is 13.2 Å². The predicted octanol–water partition coefficient (Wildman–Crippen LogP) is 4.43. The molecule has 0 aliphatic heterocycles. The number of benzene rings is 2. The minimum Gasteiger partial charge on any atom is -0.490 e. The standard InChI is InChI=1S/C19H18ClF3N2O3S/c1-11-6-12(2)18(13(3)7-11)29(26,27)25-17(19(21,22)23)10-28-16-5-4-15(20)8-14(16)9-24/h4-8,17,25H,10H2,1-3H3. The van der Waals surface area contributed by atoms with E-state index in [1.165, 1.54) is 32.0 Å². The van der Waals surface area contributed by atoms with Gasteiger partial charge in [0.25, 0.3) is 0 Å². The first-order valence-electron chi connectivity index (χ1n) is 8.34. The quantitative estimate of drug-likeness (QED) is 0.712. The lowest BCUT2D eigenvalue weighted by atomic mass is 10.1. The van der Waals surface area contributed by atoms with Crippen molar-refractivity contribution in [1.29, 1.82) is 5.26 Å². The van der Waals surface area contributed by atoms with Crippen molar-refractivity contribution in [3.05, 3.63) is 57.6 Å². The van der Waals surface area contributed by atoms with Gasteiger partial charge >= 0.3 is 6.18 Å². The molecule has 156 valence electrons. The van der Waals surface area contributed by atoms with E-state index in [1.807, 2.05) is 0 Å². The SMILES string of the molecule is Cc1cc(C)c(S(=O)(=O)NC(COc2ccc(Cl)cc2C#N)C(F)(F)F)c(C)c1. The zero-order chi connectivity index (χ0) is 22.0. The summed E-state index contributed by atoms with van der Waals surface area (Å²) >= 11 is 5.75. The van der Waals surface area contributed by atoms with Crippen molar-refractivity contribution >= 4 is 21.6 Å². The summed E-state index contributed by atoms with van der Waals surface area (Å²) in [6, 6.07) is 6.24. The molecule has 0 radical (unpaired) electrons.